The Kier molecular flexibility index (Phi) is 9.90. The van der Waals surface area contributed by atoms with Crippen LogP contribution in [-0.4, -0.2) is 28.9 Å². The van der Waals surface area contributed by atoms with Crippen molar-refractivity contribution in [2.75, 3.05) is 7.05 Å². The van der Waals surface area contributed by atoms with Gasteiger partial charge in [0.05, 0.1) is 18.3 Å². The zero-order valence-electron chi connectivity index (χ0n) is 10.9. The first-order valence-corrected chi connectivity index (χ1v) is 5.43. The average Bonchev–Trinajstić information content (AvgIpc) is 2.28. The van der Waals surface area contributed by atoms with Gasteiger partial charge in [-0.25, -0.2) is 0 Å². The molecule has 1 rings (SSSR count). The van der Waals surface area contributed by atoms with Gasteiger partial charge in [0.1, 0.15) is 0 Å². The summed E-state index contributed by atoms with van der Waals surface area (Å²) in [7, 11) is 1.75. The Labute approximate surface area is 121 Å². The number of nitrogens with zero attached hydrogens (tertiary/aromatic N) is 2. The van der Waals surface area contributed by atoms with Gasteiger partial charge in [0, 0.05) is 13.2 Å². The number of hydrogen-bond donors (Lipinski definition) is 1. The highest BCUT2D eigenvalue weighted by atomic mass is 35.5. The van der Waals surface area contributed by atoms with Crippen LogP contribution in [0.25, 0.3) is 0 Å². The zero-order chi connectivity index (χ0) is 12.1. The highest BCUT2D eigenvalue weighted by molar-refractivity contribution is 5.85. The molecule has 1 aromatic heterocycles. The molecule has 4 nitrogen and oxygen atoms in total. The molecule has 0 aliphatic rings. The highest BCUT2D eigenvalue weighted by Gasteiger charge is 2.21. The van der Waals surface area contributed by atoms with E-state index >= 15 is 0 Å². The third kappa shape index (κ3) is 5.67. The van der Waals surface area contributed by atoms with Crippen molar-refractivity contribution < 1.29 is 4.79 Å². The molecule has 0 spiro atoms. The fourth-order valence-corrected chi connectivity index (χ4v) is 1.35. The van der Waals surface area contributed by atoms with Gasteiger partial charge in [-0.3, -0.25) is 9.78 Å². The van der Waals surface area contributed by atoms with E-state index in [9.17, 15) is 4.79 Å². The van der Waals surface area contributed by atoms with Crippen molar-refractivity contribution in [3.63, 3.8) is 0 Å². The fourth-order valence-electron chi connectivity index (χ4n) is 1.35. The Balaban J connectivity index is 0. The van der Waals surface area contributed by atoms with Crippen LogP contribution < -0.4 is 5.73 Å². The third-order valence-electron chi connectivity index (χ3n) is 2.50. The molecule has 1 heterocycles. The molecule has 0 fully saturated rings. The summed E-state index contributed by atoms with van der Waals surface area (Å²) < 4.78 is 0. The average molecular weight is 294 g/mol. The number of carbonyl (C=O) groups is 1. The van der Waals surface area contributed by atoms with Gasteiger partial charge in [-0.05, 0) is 18.1 Å². The van der Waals surface area contributed by atoms with Crippen molar-refractivity contribution >= 4 is 30.7 Å². The number of rotatable bonds is 4. The van der Waals surface area contributed by atoms with Gasteiger partial charge in [0.15, 0.2) is 0 Å². The van der Waals surface area contributed by atoms with Crippen LogP contribution in [0.3, 0.4) is 0 Å². The van der Waals surface area contributed by atoms with Crippen molar-refractivity contribution in [1.82, 2.24) is 9.88 Å². The summed E-state index contributed by atoms with van der Waals surface area (Å²) in [5, 5.41) is 0. The van der Waals surface area contributed by atoms with Crippen molar-refractivity contribution in [2.45, 2.75) is 26.4 Å². The molecule has 0 aliphatic carbocycles. The summed E-state index contributed by atoms with van der Waals surface area (Å²) in [5.41, 5.74) is 6.67. The van der Waals surface area contributed by atoms with Gasteiger partial charge in [0.2, 0.25) is 5.91 Å². The first-order valence-electron chi connectivity index (χ1n) is 5.43. The molecule has 18 heavy (non-hydrogen) atoms. The molecule has 1 aromatic rings. The van der Waals surface area contributed by atoms with Crippen LogP contribution in [0.2, 0.25) is 0 Å². The Morgan fingerprint density at radius 2 is 2.00 bits per heavy atom. The lowest BCUT2D eigenvalue weighted by Gasteiger charge is -2.23. The third-order valence-corrected chi connectivity index (χ3v) is 2.50. The maximum Gasteiger partial charge on any atom is 0.239 e. The van der Waals surface area contributed by atoms with Crippen LogP contribution in [0.15, 0.2) is 24.4 Å². The van der Waals surface area contributed by atoms with Crippen LogP contribution in [-0.2, 0) is 11.3 Å². The molecular formula is C12H21Cl2N3O. The van der Waals surface area contributed by atoms with Gasteiger partial charge in [-0.1, -0.05) is 19.9 Å². The molecule has 2 N–H and O–H groups in total. The molecule has 1 atom stereocenters. The molecule has 0 radical (unpaired) electrons. The maximum atomic E-state index is 11.9. The minimum atomic E-state index is -0.436. The lowest BCUT2D eigenvalue weighted by molar-refractivity contribution is -0.132. The minimum absolute atomic E-state index is 0. The number of amides is 1. The van der Waals surface area contributed by atoms with E-state index in [1.165, 1.54) is 0 Å². The Morgan fingerprint density at radius 1 is 1.39 bits per heavy atom. The number of likely N-dealkylation sites (N-methyl/N-ethyl adjacent to an activating group) is 1. The molecule has 104 valence electrons. The van der Waals surface area contributed by atoms with Gasteiger partial charge < -0.3 is 10.6 Å². The molecule has 0 aromatic carbocycles. The molecule has 0 saturated carbocycles. The fraction of sp³-hybridized carbons (Fsp3) is 0.500. The monoisotopic (exact) mass is 293 g/mol. The van der Waals surface area contributed by atoms with E-state index in [1.807, 2.05) is 32.0 Å². The number of aromatic nitrogens is 1. The summed E-state index contributed by atoms with van der Waals surface area (Å²) in [6.45, 7) is 4.38. The number of carbonyl (C=O) groups excluding carboxylic acids is 1. The molecule has 1 amide bonds. The first kappa shape index (κ1) is 19.5. The summed E-state index contributed by atoms with van der Waals surface area (Å²) in [6, 6.07) is 5.22. The summed E-state index contributed by atoms with van der Waals surface area (Å²) in [5.74, 6) is 0.110. The van der Waals surface area contributed by atoms with Crippen LogP contribution in [0, 0.1) is 5.92 Å². The van der Waals surface area contributed by atoms with E-state index in [4.69, 9.17) is 5.73 Å². The van der Waals surface area contributed by atoms with E-state index in [-0.39, 0.29) is 36.6 Å². The van der Waals surface area contributed by atoms with Gasteiger partial charge >= 0.3 is 0 Å². The van der Waals surface area contributed by atoms with Crippen LogP contribution in [0.5, 0.6) is 0 Å². The quantitative estimate of drug-likeness (QED) is 0.922. The minimum Gasteiger partial charge on any atom is -0.339 e. The molecule has 0 unspecified atom stereocenters. The smallest absolute Gasteiger partial charge is 0.239 e. The SMILES string of the molecule is CC(C)[C@H](N)C(=O)N(C)Cc1ccccn1.Cl.Cl. The second-order valence-electron chi connectivity index (χ2n) is 4.29. The zero-order valence-corrected chi connectivity index (χ0v) is 12.5. The lowest BCUT2D eigenvalue weighted by Crippen LogP contribution is -2.44. The topological polar surface area (TPSA) is 59.2 Å². The van der Waals surface area contributed by atoms with Crippen molar-refractivity contribution in [3.05, 3.63) is 30.1 Å². The predicted octanol–water partition coefficient (Wildman–Crippen LogP) is 1.87. The number of halogens is 2. The predicted molar refractivity (Wildman–Crippen MR) is 78.0 cm³/mol. The molecule has 6 heteroatoms. The van der Waals surface area contributed by atoms with Crippen LogP contribution in [0.4, 0.5) is 0 Å². The summed E-state index contributed by atoms with van der Waals surface area (Å²) in [6.07, 6.45) is 1.72. The summed E-state index contributed by atoms with van der Waals surface area (Å²) in [4.78, 5) is 17.7. The second-order valence-corrected chi connectivity index (χ2v) is 4.29. The van der Waals surface area contributed by atoms with Crippen molar-refractivity contribution in [2.24, 2.45) is 11.7 Å². The van der Waals surface area contributed by atoms with Crippen LogP contribution in [0.1, 0.15) is 19.5 Å². The lowest BCUT2D eigenvalue weighted by atomic mass is 10.0. The molecule has 0 bridgehead atoms. The standard InChI is InChI=1S/C12H19N3O.2ClH/c1-9(2)11(13)12(16)15(3)8-10-6-4-5-7-14-10;;/h4-7,9,11H,8,13H2,1-3H3;2*1H/t11-;;/m0../s1. The van der Waals surface area contributed by atoms with Gasteiger partial charge in [0.25, 0.3) is 0 Å². The number of pyridine rings is 1. The molecule has 0 aliphatic heterocycles. The normalized spacial score (nSPS) is 11.2. The Bertz CT molecular complexity index is 346. The van der Waals surface area contributed by atoms with E-state index in [0.29, 0.717) is 6.54 Å². The first-order chi connectivity index (χ1) is 7.52. The molecule has 0 saturated heterocycles. The van der Waals surface area contributed by atoms with E-state index in [2.05, 4.69) is 4.98 Å². The Hall–Kier alpha value is -0.840. The largest absolute Gasteiger partial charge is 0.339 e. The number of nitrogens with two attached hydrogens (primary N) is 1. The Morgan fingerprint density at radius 3 is 2.44 bits per heavy atom. The molecular weight excluding hydrogens is 273 g/mol. The van der Waals surface area contributed by atoms with Crippen LogP contribution >= 0.6 is 24.8 Å². The van der Waals surface area contributed by atoms with E-state index in [0.717, 1.165) is 5.69 Å². The van der Waals surface area contributed by atoms with Gasteiger partial charge in [-0.2, -0.15) is 0 Å². The number of hydrogen-bond acceptors (Lipinski definition) is 3. The van der Waals surface area contributed by atoms with Gasteiger partial charge in [-0.15, -0.1) is 24.8 Å². The van der Waals surface area contributed by atoms with Crippen molar-refractivity contribution in [3.8, 4) is 0 Å². The maximum absolute atomic E-state index is 11.9. The second kappa shape index (κ2) is 9.14. The summed E-state index contributed by atoms with van der Waals surface area (Å²) >= 11 is 0. The van der Waals surface area contributed by atoms with E-state index < -0.39 is 6.04 Å². The highest BCUT2D eigenvalue weighted by Crippen LogP contribution is 2.05. The van der Waals surface area contributed by atoms with E-state index in [1.54, 1.807) is 18.1 Å². The van der Waals surface area contributed by atoms with Crippen molar-refractivity contribution in [1.29, 1.82) is 0 Å².